The average molecular weight is 456 g/mol. The molecule has 0 spiro atoms. The van der Waals surface area contributed by atoms with Gasteiger partial charge in [0.25, 0.3) is 5.56 Å². The number of aromatic amines is 1. The molecule has 0 aliphatic heterocycles. The molecule has 0 saturated carbocycles. The van der Waals surface area contributed by atoms with Crippen molar-refractivity contribution < 1.29 is 9.90 Å². The minimum absolute atomic E-state index is 0.0736. The second-order valence-corrected chi connectivity index (χ2v) is 9.60. The van der Waals surface area contributed by atoms with E-state index in [4.69, 9.17) is 4.98 Å². The fraction of sp³-hybridized carbons (Fsp3) is 0.321. The van der Waals surface area contributed by atoms with Crippen LogP contribution >= 0.6 is 0 Å². The summed E-state index contributed by atoms with van der Waals surface area (Å²) in [6, 6.07) is 17.6. The summed E-state index contributed by atoms with van der Waals surface area (Å²) in [5, 5.41) is 15.2. The second-order valence-electron chi connectivity index (χ2n) is 9.60. The number of nitrogens with zero attached hydrogens (tertiary/aromatic N) is 2. The number of fused-ring (bicyclic) bond motifs is 3. The van der Waals surface area contributed by atoms with E-state index in [1.165, 1.54) is 17.2 Å². The van der Waals surface area contributed by atoms with Crippen molar-refractivity contribution in [2.75, 3.05) is 0 Å². The minimum Gasteiger partial charge on any atom is -0.389 e. The molecule has 0 radical (unpaired) electrons. The molecule has 6 heteroatoms. The van der Waals surface area contributed by atoms with Crippen molar-refractivity contribution in [3.63, 3.8) is 0 Å². The van der Waals surface area contributed by atoms with Gasteiger partial charge < -0.3 is 5.11 Å². The molecule has 2 heterocycles. The van der Waals surface area contributed by atoms with Crippen LogP contribution < -0.4 is 5.56 Å². The zero-order chi connectivity index (χ0) is 24.2. The number of carbonyl (C=O) groups excluding carboxylic acids is 1. The van der Waals surface area contributed by atoms with Crippen molar-refractivity contribution in [1.82, 2.24) is 14.8 Å². The second kappa shape index (κ2) is 8.06. The van der Waals surface area contributed by atoms with Gasteiger partial charge >= 0.3 is 0 Å². The van der Waals surface area contributed by atoms with Gasteiger partial charge in [-0.1, -0.05) is 49.4 Å². The van der Waals surface area contributed by atoms with E-state index >= 15 is 0 Å². The Hall–Kier alpha value is -3.51. The summed E-state index contributed by atoms with van der Waals surface area (Å²) in [6.45, 7) is 7.26. The first-order valence-electron chi connectivity index (χ1n) is 11.7. The Morgan fingerprint density at radius 3 is 2.47 bits per heavy atom. The van der Waals surface area contributed by atoms with Gasteiger partial charge in [-0.25, -0.2) is 9.67 Å². The number of rotatable bonds is 4. The number of aromatic nitrogens is 3. The molecular weight excluding hydrogens is 426 g/mol. The Kier molecular flexibility index (Phi) is 5.29. The summed E-state index contributed by atoms with van der Waals surface area (Å²) in [5.74, 6) is -1.10. The lowest BCUT2D eigenvalue weighted by Crippen LogP contribution is -2.48. The summed E-state index contributed by atoms with van der Waals surface area (Å²) < 4.78 is 1.49. The predicted octanol–water partition coefficient (Wildman–Crippen LogP) is 4.23. The molecular formula is C28H29N3O3. The number of pyridine rings is 1. The summed E-state index contributed by atoms with van der Waals surface area (Å²) in [5.41, 5.74) is 4.24. The smallest absolute Gasteiger partial charge is 0.281 e. The highest BCUT2D eigenvalue weighted by Crippen LogP contribution is 2.48. The van der Waals surface area contributed by atoms with Gasteiger partial charge in [-0.05, 0) is 61.6 Å². The molecule has 3 atom stereocenters. The Bertz CT molecular complexity index is 1450. The molecule has 6 nitrogen and oxygen atoms in total. The number of aryl methyl sites for hydroxylation is 2. The lowest BCUT2D eigenvalue weighted by molar-refractivity contribution is -0.130. The van der Waals surface area contributed by atoms with E-state index in [9.17, 15) is 14.7 Å². The van der Waals surface area contributed by atoms with E-state index in [-0.39, 0.29) is 17.8 Å². The Balaban J connectivity index is 1.82. The number of H-pyrrole nitrogens is 1. The average Bonchev–Trinajstić information content (AvgIpc) is 3.14. The van der Waals surface area contributed by atoms with Crippen LogP contribution in [0.1, 0.15) is 54.6 Å². The van der Waals surface area contributed by atoms with E-state index in [2.05, 4.69) is 24.2 Å². The highest BCUT2D eigenvalue weighted by molar-refractivity contribution is 5.86. The van der Waals surface area contributed by atoms with Gasteiger partial charge in [-0.15, -0.1) is 0 Å². The lowest BCUT2D eigenvalue weighted by atomic mass is 9.62. The Morgan fingerprint density at radius 1 is 1.18 bits per heavy atom. The molecule has 0 amide bonds. The number of benzene rings is 2. The SMILES string of the molecule is CCc1ccc(C2c3c(C)nc4[nH]n(-c5ccccc5)c(=O)c4c3CC(C)(O)C2C(C)=O)cc1. The van der Waals surface area contributed by atoms with Gasteiger partial charge in [0, 0.05) is 18.0 Å². The summed E-state index contributed by atoms with van der Waals surface area (Å²) in [4.78, 5) is 31.3. The Labute approximate surface area is 198 Å². The monoisotopic (exact) mass is 455 g/mol. The molecule has 34 heavy (non-hydrogen) atoms. The number of nitrogens with one attached hydrogen (secondary N) is 1. The maximum absolute atomic E-state index is 13.6. The van der Waals surface area contributed by atoms with Gasteiger partial charge in [0.15, 0.2) is 5.65 Å². The van der Waals surface area contributed by atoms with Crippen molar-refractivity contribution >= 4 is 16.8 Å². The molecule has 4 aromatic rings. The fourth-order valence-electron chi connectivity index (χ4n) is 5.70. The molecule has 5 rings (SSSR count). The van der Waals surface area contributed by atoms with Crippen LogP contribution in [0.2, 0.25) is 0 Å². The van der Waals surface area contributed by atoms with Gasteiger partial charge in [0.1, 0.15) is 5.78 Å². The molecule has 0 bridgehead atoms. The first-order valence-corrected chi connectivity index (χ1v) is 11.7. The summed E-state index contributed by atoms with van der Waals surface area (Å²) in [7, 11) is 0. The number of hydrogen-bond acceptors (Lipinski definition) is 4. The zero-order valence-electron chi connectivity index (χ0n) is 19.9. The zero-order valence-corrected chi connectivity index (χ0v) is 19.9. The van der Waals surface area contributed by atoms with Crippen molar-refractivity contribution in [3.05, 3.63) is 92.9 Å². The molecule has 174 valence electrons. The molecule has 3 unspecified atom stereocenters. The number of ketones is 1. The molecule has 0 fully saturated rings. The van der Waals surface area contributed by atoms with E-state index in [0.29, 0.717) is 16.7 Å². The van der Waals surface area contributed by atoms with Crippen LogP contribution in [-0.4, -0.2) is 31.3 Å². The van der Waals surface area contributed by atoms with Crippen LogP contribution in [0.5, 0.6) is 0 Å². The quantitative estimate of drug-likeness (QED) is 0.482. The van der Waals surface area contributed by atoms with Gasteiger partial charge in [-0.3, -0.25) is 14.7 Å². The van der Waals surface area contributed by atoms with Crippen molar-refractivity contribution in [2.45, 2.75) is 52.1 Å². The van der Waals surface area contributed by atoms with Crippen molar-refractivity contribution in [3.8, 4) is 5.69 Å². The summed E-state index contributed by atoms with van der Waals surface area (Å²) in [6.07, 6.45) is 1.12. The third-order valence-electron chi connectivity index (χ3n) is 7.22. The largest absolute Gasteiger partial charge is 0.389 e. The van der Waals surface area contributed by atoms with E-state index in [1.54, 1.807) is 6.92 Å². The topological polar surface area (TPSA) is 88.0 Å². The third-order valence-corrected chi connectivity index (χ3v) is 7.22. The fourth-order valence-corrected chi connectivity index (χ4v) is 5.70. The van der Waals surface area contributed by atoms with Crippen LogP contribution in [0, 0.1) is 12.8 Å². The maximum Gasteiger partial charge on any atom is 0.281 e. The van der Waals surface area contributed by atoms with Crippen LogP contribution in [0.4, 0.5) is 0 Å². The van der Waals surface area contributed by atoms with Gasteiger partial charge in [0.2, 0.25) is 0 Å². The van der Waals surface area contributed by atoms with Crippen molar-refractivity contribution in [1.29, 1.82) is 0 Å². The molecule has 0 saturated heterocycles. The highest BCUT2D eigenvalue weighted by Gasteiger charge is 2.48. The number of Topliss-reactive ketones (excluding diaryl/α,β-unsaturated/α-hetero) is 1. The lowest BCUT2D eigenvalue weighted by Gasteiger charge is -2.43. The molecule has 2 aromatic heterocycles. The van der Waals surface area contributed by atoms with Crippen molar-refractivity contribution in [2.24, 2.45) is 5.92 Å². The highest BCUT2D eigenvalue weighted by atomic mass is 16.3. The van der Waals surface area contributed by atoms with Gasteiger partial charge in [0.05, 0.1) is 22.6 Å². The number of para-hydroxylation sites is 1. The first-order chi connectivity index (χ1) is 16.2. The number of aliphatic hydroxyl groups is 1. The predicted molar refractivity (Wildman–Crippen MR) is 133 cm³/mol. The Morgan fingerprint density at radius 2 is 1.85 bits per heavy atom. The summed E-state index contributed by atoms with van der Waals surface area (Å²) >= 11 is 0. The molecule has 2 aromatic carbocycles. The van der Waals surface area contributed by atoms with Crippen LogP contribution in [0.15, 0.2) is 59.4 Å². The number of hydrogen-bond donors (Lipinski definition) is 2. The first kappa shape index (κ1) is 22.3. The minimum atomic E-state index is -1.31. The molecule has 2 N–H and O–H groups in total. The van der Waals surface area contributed by atoms with Crippen LogP contribution in [0.25, 0.3) is 16.7 Å². The molecule has 1 aliphatic carbocycles. The normalized spacial score (nSPS) is 22.0. The third kappa shape index (κ3) is 3.41. The number of carbonyl (C=O) groups is 1. The standard InChI is InChI=1S/C28H29N3O3/c1-5-18-11-13-19(14-12-18)23-22-16(2)29-26-24(21(22)15-28(4,34)25(23)17(3)32)27(33)31(30-26)20-9-7-6-8-10-20/h6-14,23,25,34H,5,15H2,1-4H3,(H,29,30). The van der Waals surface area contributed by atoms with Crippen LogP contribution in [-0.2, 0) is 17.6 Å². The van der Waals surface area contributed by atoms with Crippen LogP contribution in [0.3, 0.4) is 0 Å². The maximum atomic E-state index is 13.6. The van der Waals surface area contributed by atoms with E-state index in [0.717, 1.165) is 28.8 Å². The van der Waals surface area contributed by atoms with E-state index < -0.39 is 17.4 Å². The van der Waals surface area contributed by atoms with E-state index in [1.807, 2.05) is 49.4 Å². The van der Waals surface area contributed by atoms with Gasteiger partial charge in [-0.2, -0.15) is 0 Å². The molecule has 1 aliphatic rings.